The molecular weight excluding hydrogens is 489 g/mol. The Morgan fingerprint density at radius 3 is 2.43 bits per heavy atom. The molecule has 0 fully saturated rings. The Bertz CT molecular complexity index is 1200. The van der Waals surface area contributed by atoms with E-state index >= 15 is 0 Å². The summed E-state index contributed by atoms with van der Waals surface area (Å²) in [5.74, 6) is 0.0638. The van der Waals surface area contributed by atoms with Gasteiger partial charge in [0.05, 0.1) is 26.0 Å². The summed E-state index contributed by atoms with van der Waals surface area (Å²) < 4.78 is 10.1. The molecule has 2 aromatic carbocycles. The Morgan fingerprint density at radius 2 is 1.83 bits per heavy atom. The van der Waals surface area contributed by atoms with Crippen molar-refractivity contribution in [2.24, 2.45) is 10.2 Å². The molecular formula is C27H29CoN3O4. The summed E-state index contributed by atoms with van der Waals surface area (Å²) in [6, 6.07) is 12.3. The van der Waals surface area contributed by atoms with E-state index in [1.807, 2.05) is 25.3 Å². The molecule has 0 spiro atoms. The number of allylic oxidation sites excluding steroid dienone is 4. The Kier molecular flexibility index (Phi) is 9.22. The van der Waals surface area contributed by atoms with Crippen LogP contribution in [-0.4, -0.2) is 44.5 Å². The second-order valence-corrected chi connectivity index (χ2v) is 8.12. The van der Waals surface area contributed by atoms with E-state index in [1.165, 1.54) is 7.11 Å². The van der Waals surface area contributed by atoms with E-state index in [0.717, 1.165) is 28.3 Å². The molecule has 1 aliphatic heterocycles. The SMILES string of the molecule is C=CC(=C)CC1(C)/C(=C/C=N/N=C(\O)c2ccc(C(=O)OC)cc2)N(C)c2cc(OC)ccc21.[Co]. The number of carbonyl (C=O) groups is 1. The number of likely N-dealkylation sites (N-methyl/N-ethyl adjacent to an activating group) is 1. The third-order valence-corrected chi connectivity index (χ3v) is 5.97. The zero-order valence-electron chi connectivity index (χ0n) is 20.2. The van der Waals surface area contributed by atoms with Crippen molar-refractivity contribution in [3.05, 3.63) is 95.7 Å². The fraction of sp³-hybridized carbons (Fsp3) is 0.222. The minimum absolute atomic E-state index is 0. The summed E-state index contributed by atoms with van der Waals surface area (Å²) in [5, 5.41) is 18.2. The molecule has 1 radical (unpaired) electrons. The van der Waals surface area contributed by atoms with Crippen LogP contribution < -0.4 is 9.64 Å². The van der Waals surface area contributed by atoms with Gasteiger partial charge >= 0.3 is 5.97 Å². The van der Waals surface area contributed by atoms with Gasteiger partial charge in [0.15, 0.2) is 0 Å². The molecule has 1 atom stereocenters. The standard InChI is InChI=1S/C27H29N3O4.Co/c1-7-18(2)17-27(3)22-13-12-21(33-5)16-23(22)30(4)24(27)14-15-28-29-25(31)19-8-10-20(11-9-19)26(32)34-6;/h7-16H,1-2,17H2,3-6H3,(H,29,31);/b24-14-,28-15+;. The Hall–Kier alpha value is -3.62. The van der Waals surface area contributed by atoms with E-state index in [2.05, 4.69) is 46.0 Å². The molecule has 185 valence electrons. The van der Waals surface area contributed by atoms with Crippen molar-refractivity contribution < 1.29 is 36.2 Å². The minimum atomic E-state index is -0.450. The first kappa shape index (κ1) is 27.6. The molecule has 1 aliphatic rings. The van der Waals surface area contributed by atoms with Crippen molar-refractivity contribution in [1.29, 1.82) is 0 Å². The summed E-state index contributed by atoms with van der Waals surface area (Å²) in [7, 11) is 4.95. The third kappa shape index (κ3) is 5.72. The van der Waals surface area contributed by atoms with Crippen LogP contribution in [0.15, 0.2) is 89.2 Å². The van der Waals surface area contributed by atoms with E-state index in [4.69, 9.17) is 4.74 Å². The molecule has 0 amide bonds. The van der Waals surface area contributed by atoms with Gasteiger partial charge in [-0.2, -0.15) is 5.10 Å². The Labute approximate surface area is 216 Å². The fourth-order valence-corrected chi connectivity index (χ4v) is 4.15. The number of carbonyl (C=O) groups excluding carboxylic acids is 1. The van der Waals surface area contributed by atoms with Gasteiger partial charge in [-0.3, -0.25) is 0 Å². The first-order valence-electron chi connectivity index (χ1n) is 10.7. The molecule has 2 aromatic rings. The fourth-order valence-electron chi connectivity index (χ4n) is 4.15. The summed E-state index contributed by atoms with van der Waals surface area (Å²) in [4.78, 5) is 13.6. The van der Waals surface area contributed by atoms with Crippen molar-refractivity contribution in [2.45, 2.75) is 18.8 Å². The van der Waals surface area contributed by atoms with Gasteiger partial charge in [-0.25, -0.2) is 4.79 Å². The smallest absolute Gasteiger partial charge is 0.337 e. The molecule has 0 bridgehead atoms. The zero-order chi connectivity index (χ0) is 24.9. The van der Waals surface area contributed by atoms with Crippen LogP contribution in [0.2, 0.25) is 0 Å². The van der Waals surface area contributed by atoms with Gasteiger partial charge in [0.2, 0.25) is 5.90 Å². The summed E-state index contributed by atoms with van der Waals surface area (Å²) in [6.45, 7) is 10.1. The van der Waals surface area contributed by atoms with Crippen molar-refractivity contribution in [1.82, 2.24) is 0 Å². The van der Waals surface area contributed by atoms with E-state index in [-0.39, 0.29) is 28.1 Å². The second-order valence-electron chi connectivity index (χ2n) is 8.12. The molecule has 0 aromatic heterocycles. The quantitative estimate of drug-likeness (QED) is 0.171. The summed E-state index contributed by atoms with van der Waals surface area (Å²) in [6.07, 6.45) is 5.87. The van der Waals surface area contributed by atoms with E-state index < -0.39 is 5.97 Å². The predicted octanol–water partition coefficient (Wildman–Crippen LogP) is 5.19. The Morgan fingerprint density at radius 1 is 1.17 bits per heavy atom. The molecule has 7 nitrogen and oxygen atoms in total. The average Bonchev–Trinajstić information content (AvgIpc) is 3.06. The van der Waals surface area contributed by atoms with Crippen molar-refractivity contribution >= 4 is 23.8 Å². The number of aliphatic hydroxyl groups excluding tert-OH is 1. The van der Waals surface area contributed by atoms with Crippen LogP contribution in [0.4, 0.5) is 5.69 Å². The predicted molar refractivity (Wildman–Crippen MR) is 136 cm³/mol. The molecule has 1 N–H and O–H groups in total. The van der Waals surface area contributed by atoms with Crippen LogP contribution in [0.1, 0.15) is 34.8 Å². The monoisotopic (exact) mass is 518 g/mol. The normalized spacial score (nSPS) is 18.2. The van der Waals surface area contributed by atoms with Gasteiger partial charge in [-0.05, 0) is 55.3 Å². The third-order valence-electron chi connectivity index (χ3n) is 5.97. The maximum Gasteiger partial charge on any atom is 0.337 e. The van der Waals surface area contributed by atoms with Gasteiger partial charge in [0.1, 0.15) is 5.75 Å². The number of hydrogen-bond donors (Lipinski definition) is 1. The number of anilines is 1. The maximum atomic E-state index is 11.5. The van der Waals surface area contributed by atoms with Crippen molar-refractivity contribution in [3.63, 3.8) is 0 Å². The van der Waals surface area contributed by atoms with Gasteiger partial charge in [-0.15, -0.1) is 5.10 Å². The first-order chi connectivity index (χ1) is 16.2. The molecule has 35 heavy (non-hydrogen) atoms. The number of rotatable bonds is 8. The zero-order valence-corrected chi connectivity index (χ0v) is 21.3. The van der Waals surface area contributed by atoms with Crippen LogP contribution >= 0.6 is 0 Å². The number of benzene rings is 2. The van der Waals surface area contributed by atoms with Gasteiger partial charge in [-0.1, -0.05) is 30.9 Å². The van der Waals surface area contributed by atoms with Crippen molar-refractivity contribution in [3.8, 4) is 5.75 Å². The van der Waals surface area contributed by atoms with Gasteiger partial charge < -0.3 is 19.5 Å². The average molecular weight is 518 g/mol. The van der Waals surface area contributed by atoms with Crippen LogP contribution in [0.25, 0.3) is 0 Å². The number of ether oxygens (including phenoxy) is 2. The van der Waals surface area contributed by atoms with E-state index in [0.29, 0.717) is 17.5 Å². The molecule has 0 aliphatic carbocycles. The molecule has 1 heterocycles. The summed E-state index contributed by atoms with van der Waals surface area (Å²) in [5.41, 5.74) is 4.57. The van der Waals surface area contributed by atoms with Crippen LogP contribution in [0.5, 0.6) is 5.75 Å². The molecule has 0 saturated heterocycles. The van der Waals surface area contributed by atoms with Crippen LogP contribution in [-0.2, 0) is 26.9 Å². The molecule has 8 heteroatoms. The molecule has 3 rings (SSSR count). The van der Waals surface area contributed by atoms with Gasteiger partial charge in [0.25, 0.3) is 0 Å². The summed E-state index contributed by atoms with van der Waals surface area (Å²) >= 11 is 0. The number of nitrogens with zero attached hydrogens (tertiary/aromatic N) is 3. The number of methoxy groups -OCH3 is 2. The molecule has 0 saturated carbocycles. The number of esters is 1. The van der Waals surface area contributed by atoms with E-state index in [9.17, 15) is 9.90 Å². The maximum absolute atomic E-state index is 11.5. The largest absolute Gasteiger partial charge is 0.497 e. The van der Waals surface area contributed by atoms with Gasteiger partial charge in [0, 0.05) is 52.3 Å². The van der Waals surface area contributed by atoms with Crippen LogP contribution in [0, 0.1) is 0 Å². The van der Waals surface area contributed by atoms with Crippen LogP contribution in [0.3, 0.4) is 0 Å². The topological polar surface area (TPSA) is 83.7 Å². The van der Waals surface area contributed by atoms with E-state index in [1.54, 1.807) is 43.7 Å². The van der Waals surface area contributed by atoms with Crippen molar-refractivity contribution in [2.75, 3.05) is 26.2 Å². The number of aliphatic hydroxyl groups is 1. The molecule has 1 unspecified atom stereocenters. The number of fused-ring (bicyclic) bond motifs is 1. The Balaban J connectivity index is 0.00000432. The second kappa shape index (κ2) is 11.7. The first-order valence-corrected chi connectivity index (χ1v) is 10.7. The minimum Gasteiger partial charge on any atom is -0.497 e. The number of hydrogen-bond acceptors (Lipinski definition) is 6.